The van der Waals surface area contributed by atoms with Crippen molar-refractivity contribution in [2.24, 2.45) is 0 Å². The highest BCUT2D eigenvalue weighted by Crippen LogP contribution is 2.29. The van der Waals surface area contributed by atoms with E-state index in [0.717, 1.165) is 5.69 Å². The number of benzene rings is 1. The minimum absolute atomic E-state index is 0.131. The van der Waals surface area contributed by atoms with Crippen LogP contribution in [0.4, 0.5) is 0 Å². The molecule has 0 aliphatic rings. The van der Waals surface area contributed by atoms with Crippen LogP contribution in [0.3, 0.4) is 0 Å². The van der Waals surface area contributed by atoms with Crippen molar-refractivity contribution < 1.29 is 9.63 Å². The SMILES string of the molecule is Oc1cc(-c2nc(Cc3ccccn3)no2)ccc1Br. The molecule has 2 aromatic heterocycles. The quantitative estimate of drug-likeness (QED) is 0.797. The Hall–Kier alpha value is -2.21. The topological polar surface area (TPSA) is 72.0 Å². The Morgan fingerprint density at radius 1 is 1.20 bits per heavy atom. The minimum Gasteiger partial charge on any atom is -0.507 e. The van der Waals surface area contributed by atoms with Gasteiger partial charge in [0.2, 0.25) is 0 Å². The minimum atomic E-state index is 0.131. The Morgan fingerprint density at radius 3 is 2.85 bits per heavy atom. The van der Waals surface area contributed by atoms with Gasteiger partial charge in [0, 0.05) is 17.5 Å². The molecule has 1 N–H and O–H groups in total. The summed E-state index contributed by atoms with van der Waals surface area (Å²) in [6.07, 6.45) is 2.23. The van der Waals surface area contributed by atoms with Crippen molar-refractivity contribution in [3.8, 4) is 17.2 Å². The van der Waals surface area contributed by atoms with E-state index in [-0.39, 0.29) is 5.75 Å². The summed E-state index contributed by atoms with van der Waals surface area (Å²) in [6, 6.07) is 10.8. The second-order valence-corrected chi connectivity index (χ2v) is 5.03. The average Bonchev–Trinajstić information content (AvgIpc) is 2.91. The third-order valence-corrected chi connectivity index (χ3v) is 3.40. The van der Waals surface area contributed by atoms with Crippen LogP contribution < -0.4 is 0 Å². The normalized spacial score (nSPS) is 10.7. The number of hydrogen-bond acceptors (Lipinski definition) is 5. The van der Waals surface area contributed by atoms with E-state index in [1.54, 1.807) is 24.4 Å². The summed E-state index contributed by atoms with van der Waals surface area (Å²) in [6.45, 7) is 0. The van der Waals surface area contributed by atoms with Crippen molar-refractivity contribution in [2.45, 2.75) is 6.42 Å². The van der Waals surface area contributed by atoms with Gasteiger partial charge >= 0.3 is 0 Å². The third-order valence-electron chi connectivity index (χ3n) is 2.73. The second-order valence-electron chi connectivity index (χ2n) is 4.18. The van der Waals surface area contributed by atoms with Crippen LogP contribution in [-0.2, 0) is 6.42 Å². The van der Waals surface area contributed by atoms with Gasteiger partial charge in [-0.15, -0.1) is 0 Å². The zero-order valence-corrected chi connectivity index (χ0v) is 11.9. The molecule has 0 radical (unpaired) electrons. The van der Waals surface area contributed by atoms with Crippen LogP contribution in [0.5, 0.6) is 5.75 Å². The van der Waals surface area contributed by atoms with Gasteiger partial charge in [0.1, 0.15) is 5.75 Å². The number of rotatable bonds is 3. The van der Waals surface area contributed by atoms with Crippen LogP contribution in [0.15, 0.2) is 51.6 Å². The lowest BCUT2D eigenvalue weighted by Gasteiger charge is -1.98. The van der Waals surface area contributed by atoms with Gasteiger partial charge in [-0.25, -0.2) is 0 Å². The number of nitrogens with zero attached hydrogens (tertiary/aromatic N) is 3. The van der Waals surface area contributed by atoms with Gasteiger partial charge in [-0.3, -0.25) is 4.98 Å². The van der Waals surface area contributed by atoms with Gasteiger partial charge in [-0.1, -0.05) is 11.2 Å². The van der Waals surface area contributed by atoms with E-state index in [0.29, 0.717) is 28.2 Å². The molecule has 2 heterocycles. The van der Waals surface area contributed by atoms with E-state index in [2.05, 4.69) is 31.1 Å². The summed E-state index contributed by atoms with van der Waals surface area (Å²) in [5.74, 6) is 1.06. The van der Waals surface area contributed by atoms with Gasteiger partial charge in [0.25, 0.3) is 5.89 Å². The first-order valence-corrected chi connectivity index (χ1v) is 6.73. The molecule has 100 valence electrons. The molecule has 0 aliphatic heterocycles. The molecule has 1 aromatic carbocycles. The molecular weight excluding hydrogens is 322 g/mol. The Balaban J connectivity index is 1.84. The molecule has 0 aliphatic carbocycles. The molecular formula is C14H10BrN3O2. The highest BCUT2D eigenvalue weighted by molar-refractivity contribution is 9.10. The highest BCUT2D eigenvalue weighted by Gasteiger charge is 2.11. The molecule has 0 spiro atoms. The van der Waals surface area contributed by atoms with Crippen LogP contribution in [0, 0.1) is 0 Å². The van der Waals surface area contributed by atoms with Gasteiger partial charge in [0.05, 0.1) is 10.9 Å². The molecule has 5 nitrogen and oxygen atoms in total. The van der Waals surface area contributed by atoms with Crippen molar-refractivity contribution >= 4 is 15.9 Å². The lowest BCUT2D eigenvalue weighted by molar-refractivity contribution is 0.423. The number of phenolic OH excluding ortho intramolecular Hbond substituents is 1. The summed E-state index contributed by atoms with van der Waals surface area (Å²) < 4.78 is 5.82. The van der Waals surface area contributed by atoms with E-state index in [4.69, 9.17) is 4.52 Å². The number of halogens is 1. The fourth-order valence-electron chi connectivity index (χ4n) is 1.75. The third kappa shape index (κ3) is 2.70. The Bertz CT molecular complexity index is 728. The van der Waals surface area contributed by atoms with Crippen molar-refractivity contribution in [1.82, 2.24) is 15.1 Å². The first-order valence-electron chi connectivity index (χ1n) is 5.94. The maximum atomic E-state index is 9.66. The Labute approximate surface area is 123 Å². The molecule has 0 saturated heterocycles. The van der Waals surface area contributed by atoms with Crippen molar-refractivity contribution in [1.29, 1.82) is 0 Å². The van der Waals surface area contributed by atoms with Gasteiger partial charge in [0.15, 0.2) is 5.82 Å². The maximum Gasteiger partial charge on any atom is 0.258 e. The summed E-state index contributed by atoms with van der Waals surface area (Å²) in [4.78, 5) is 8.52. The Morgan fingerprint density at radius 2 is 2.10 bits per heavy atom. The fraction of sp³-hybridized carbons (Fsp3) is 0.0714. The zero-order valence-electron chi connectivity index (χ0n) is 10.3. The number of hydrogen-bond donors (Lipinski definition) is 1. The number of phenols is 1. The molecule has 0 atom stereocenters. The summed E-state index contributed by atoms with van der Waals surface area (Å²) in [5, 5.41) is 13.6. The molecule has 0 saturated carbocycles. The van der Waals surface area contributed by atoms with Crippen molar-refractivity contribution in [3.05, 3.63) is 58.6 Å². The maximum absolute atomic E-state index is 9.66. The standard InChI is InChI=1S/C14H10BrN3O2/c15-11-5-4-9(7-12(11)19)14-17-13(18-20-14)8-10-3-1-2-6-16-10/h1-7,19H,8H2. The highest BCUT2D eigenvalue weighted by atomic mass is 79.9. The van der Waals surface area contributed by atoms with Gasteiger partial charge in [-0.2, -0.15) is 4.98 Å². The van der Waals surface area contributed by atoms with Crippen molar-refractivity contribution in [3.63, 3.8) is 0 Å². The molecule has 3 rings (SSSR count). The molecule has 0 fully saturated rings. The number of pyridine rings is 1. The smallest absolute Gasteiger partial charge is 0.258 e. The van der Waals surface area contributed by atoms with Crippen LogP contribution in [-0.4, -0.2) is 20.2 Å². The van der Waals surface area contributed by atoms with E-state index in [9.17, 15) is 5.11 Å². The molecule has 0 amide bonds. The summed E-state index contributed by atoms with van der Waals surface area (Å²) in [7, 11) is 0. The lowest BCUT2D eigenvalue weighted by Crippen LogP contribution is -1.93. The van der Waals surface area contributed by atoms with E-state index < -0.39 is 0 Å². The van der Waals surface area contributed by atoms with Crippen molar-refractivity contribution in [2.75, 3.05) is 0 Å². The van der Waals surface area contributed by atoms with Gasteiger partial charge in [-0.05, 0) is 46.3 Å². The zero-order chi connectivity index (χ0) is 13.9. The Kier molecular flexibility index (Phi) is 3.47. The molecule has 0 bridgehead atoms. The molecule has 3 aromatic rings. The van der Waals surface area contributed by atoms with E-state index >= 15 is 0 Å². The lowest BCUT2D eigenvalue weighted by atomic mass is 10.2. The van der Waals surface area contributed by atoms with E-state index in [1.165, 1.54) is 0 Å². The first kappa shape index (κ1) is 12.8. The molecule has 6 heteroatoms. The van der Waals surface area contributed by atoms with Crippen LogP contribution in [0.25, 0.3) is 11.5 Å². The monoisotopic (exact) mass is 331 g/mol. The first-order chi connectivity index (χ1) is 9.72. The van der Waals surface area contributed by atoms with E-state index in [1.807, 2.05) is 18.2 Å². The molecule has 0 unspecified atom stereocenters. The van der Waals surface area contributed by atoms with Crippen LogP contribution in [0.2, 0.25) is 0 Å². The number of aromatic hydroxyl groups is 1. The summed E-state index contributed by atoms with van der Waals surface area (Å²) >= 11 is 3.23. The summed E-state index contributed by atoms with van der Waals surface area (Å²) in [5.41, 5.74) is 1.55. The average molecular weight is 332 g/mol. The largest absolute Gasteiger partial charge is 0.507 e. The van der Waals surface area contributed by atoms with Crippen LogP contribution in [0.1, 0.15) is 11.5 Å². The fourth-order valence-corrected chi connectivity index (χ4v) is 2.00. The predicted molar refractivity (Wildman–Crippen MR) is 76.1 cm³/mol. The molecule has 20 heavy (non-hydrogen) atoms. The van der Waals surface area contributed by atoms with Crippen LogP contribution >= 0.6 is 15.9 Å². The van der Waals surface area contributed by atoms with Gasteiger partial charge < -0.3 is 9.63 Å². The second kappa shape index (κ2) is 5.42. The predicted octanol–water partition coefficient (Wildman–Crippen LogP) is 3.19. The number of aromatic nitrogens is 3.